The van der Waals surface area contributed by atoms with Crippen molar-refractivity contribution in [2.75, 3.05) is 0 Å². The Morgan fingerprint density at radius 3 is 2.79 bits per heavy atom. The zero-order chi connectivity index (χ0) is 17.2. The van der Waals surface area contributed by atoms with Crippen LogP contribution >= 0.6 is 0 Å². The van der Waals surface area contributed by atoms with Gasteiger partial charge in [-0.25, -0.2) is 13.1 Å². The Labute approximate surface area is 138 Å². The van der Waals surface area contributed by atoms with Crippen LogP contribution in [-0.4, -0.2) is 19.3 Å². The number of hydrogen-bond acceptors (Lipinski definition) is 5. The third-order valence-electron chi connectivity index (χ3n) is 3.33. The summed E-state index contributed by atoms with van der Waals surface area (Å²) in [6, 6.07) is 9.82. The van der Waals surface area contributed by atoms with E-state index in [1.807, 2.05) is 4.72 Å². The summed E-state index contributed by atoms with van der Waals surface area (Å²) in [6.07, 6.45) is 5.59. The highest BCUT2D eigenvalue weighted by atomic mass is 32.2. The van der Waals surface area contributed by atoms with Crippen molar-refractivity contribution in [3.63, 3.8) is 0 Å². The lowest BCUT2D eigenvalue weighted by molar-refractivity contribution is -0.114. The van der Waals surface area contributed by atoms with E-state index in [4.69, 9.17) is 4.42 Å². The Hall–Kier alpha value is -2.93. The van der Waals surface area contributed by atoms with Crippen LogP contribution in [-0.2, 0) is 14.8 Å². The van der Waals surface area contributed by atoms with Crippen LogP contribution in [0.1, 0.15) is 11.5 Å². The van der Waals surface area contributed by atoms with Gasteiger partial charge in [-0.2, -0.15) is 0 Å². The summed E-state index contributed by atoms with van der Waals surface area (Å²) in [5.74, 6) is 0.415. The first-order chi connectivity index (χ1) is 11.5. The Balaban J connectivity index is 1.85. The summed E-state index contributed by atoms with van der Waals surface area (Å²) in [6.45, 7) is 1.78. The van der Waals surface area contributed by atoms with Crippen molar-refractivity contribution >= 4 is 32.8 Å². The molecule has 0 atom stereocenters. The second kappa shape index (κ2) is 6.29. The van der Waals surface area contributed by atoms with Crippen LogP contribution < -0.4 is 4.72 Å². The Morgan fingerprint density at radius 1 is 1.21 bits per heavy atom. The van der Waals surface area contributed by atoms with Gasteiger partial charge in [-0.05, 0) is 37.3 Å². The van der Waals surface area contributed by atoms with E-state index in [1.165, 1.54) is 18.3 Å². The van der Waals surface area contributed by atoms with E-state index in [1.54, 1.807) is 43.5 Å². The second-order valence-electron chi connectivity index (χ2n) is 5.10. The zero-order valence-corrected chi connectivity index (χ0v) is 13.6. The number of sulfonamides is 1. The number of carbonyl (C=O) groups is 1. The molecule has 122 valence electrons. The smallest absolute Gasteiger partial charge is 0.264 e. The molecule has 0 saturated carbocycles. The van der Waals surface area contributed by atoms with Crippen LogP contribution in [0.25, 0.3) is 16.8 Å². The number of hydrogen-bond donors (Lipinski definition) is 1. The summed E-state index contributed by atoms with van der Waals surface area (Å²) in [7, 11) is -3.99. The van der Waals surface area contributed by atoms with Crippen LogP contribution in [0.4, 0.5) is 0 Å². The summed E-state index contributed by atoms with van der Waals surface area (Å²) in [5, 5.41) is 1.17. The maximum atomic E-state index is 12.5. The van der Waals surface area contributed by atoms with Crippen LogP contribution in [0.15, 0.2) is 64.2 Å². The number of nitrogens with one attached hydrogen (secondary N) is 1. The van der Waals surface area contributed by atoms with Gasteiger partial charge in [-0.1, -0.05) is 12.1 Å². The Kier molecular flexibility index (Phi) is 4.18. The largest absolute Gasteiger partial charge is 0.462 e. The lowest BCUT2D eigenvalue weighted by Crippen LogP contribution is -2.29. The molecule has 0 spiro atoms. The van der Waals surface area contributed by atoms with E-state index in [0.717, 1.165) is 6.08 Å². The number of amides is 1. The van der Waals surface area contributed by atoms with Gasteiger partial charge in [-0.3, -0.25) is 9.78 Å². The highest BCUT2D eigenvalue weighted by Crippen LogP contribution is 2.21. The number of furan rings is 1. The maximum Gasteiger partial charge on any atom is 0.264 e. The molecule has 7 heteroatoms. The molecular weight excluding hydrogens is 328 g/mol. The van der Waals surface area contributed by atoms with Crippen LogP contribution in [0.2, 0.25) is 0 Å². The van der Waals surface area contributed by atoms with E-state index in [9.17, 15) is 13.2 Å². The maximum absolute atomic E-state index is 12.5. The van der Waals surface area contributed by atoms with E-state index < -0.39 is 15.9 Å². The average Bonchev–Trinajstić information content (AvgIpc) is 2.97. The molecule has 2 aromatic heterocycles. The van der Waals surface area contributed by atoms with Gasteiger partial charge in [-0.15, -0.1) is 0 Å². The standard InChI is InChI=1S/C17H14N2O4S/c1-12-5-6-14(23-12)7-8-17(20)19-24(21,22)16-4-2-3-13-11-18-10-9-15(13)16/h2-11H,1H3,(H,19,20). The first kappa shape index (κ1) is 15.9. The molecule has 1 aromatic carbocycles. The SMILES string of the molecule is Cc1ccc(C=CC(=O)NS(=O)(=O)c2cccc3cnccc23)o1. The predicted molar refractivity (Wildman–Crippen MR) is 89.6 cm³/mol. The molecule has 1 N–H and O–H groups in total. The minimum absolute atomic E-state index is 0.0259. The Morgan fingerprint density at radius 2 is 2.04 bits per heavy atom. The first-order valence-corrected chi connectivity index (χ1v) is 8.58. The number of aromatic nitrogens is 1. The van der Waals surface area contributed by atoms with Crippen molar-refractivity contribution in [3.05, 3.63) is 66.4 Å². The minimum atomic E-state index is -3.99. The molecule has 0 saturated heterocycles. The van der Waals surface area contributed by atoms with Crippen molar-refractivity contribution in [2.45, 2.75) is 11.8 Å². The van der Waals surface area contributed by atoms with Gasteiger partial charge in [0.15, 0.2) is 0 Å². The number of carbonyl (C=O) groups excluding carboxylic acids is 1. The molecule has 0 aliphatic carbocycles. The molecule has 2 heterocycles. The number of fused-ring (bicyclic) bond motifs is 1. The third kappa shape index (κ3) is 3.36. The number of nitrogens with zero attached hydrogens (tertiary/aromatic N) is 1. The molecule has 0 radical (unpaired) electrons. The number of aryl methyl sites for hydroxylation is 1. The van der Waals surface area contributed by atoms with Gasteiger partial charge in [0, 0.05) is 29.2 Å². The molecule has 24 heavy (non-hydrogen) atoms. The zero-order valence-electron chi connectivity index (χ0n) is 12.8. The number of rotatable bonds is 4. The third-order valence-corrected chi connectivity index (χ3v) is 4.73. The van der Waals surface area contributed by atoms with Crippen molar-refractivity contribution in [1.29, 1.82) is 0 Å². The van der Waals surface area contributed by atoms with Crippen molar-refractivity contribution in [2.24, 2.45) is 0 Å². The lowest BCUT2D eigenvalue weighted by Gasteiger charge is -2.07. The van der Waals surface area contributed by atoms with E-state index in [2.05, 4.69) is 4.98 Å². The van der Waals surface area contributed by atoms with Gasteiger partial charge < -0.3 is 4.42 Å². The van der Waals surface area contributed by atoms with E-state index >= 15 is 0 Å². The molecule has 6 nitrogen and oxygen atoms in total. The minimum Gasteiger partial charge on any atom is -0.462 e. The summed E-state index contributed by atoms with van der Waals surface area (Å²) in [4.78, 5) is 15.9. The van der Waals surface area contributed by atoms with Gasteiger partial charge in [0.2, 0.25) is 0 Å². The fourth-order valence-corrected chi connectivity index (χ4v) is 3.43. The fourth-order valence-electron chi connectivity index (χ4n) is 2.25. The predicted octanol–water partition coefficient (Wildman–Crippen LogP) is 2.65. The molecule has 0 aliphatic heterocycles. The summed E-state index contributed by atoms with van der Waals surface area (Å²) < 4.78 is 32.2. The molecule has 1 amide bonds. The fraction of sp³-hybridized carbons (Fsp3) is 0.0588. The highest BCUT2D eigenvalue weighted by molar-refractivity contribution is 7.90. The van der Waals surface area contributed by atoms with Crippen LogP contribution in [0, 0.1) is 6.92 Å². The molecule has 0 unspecified atom stereocenters. The normalized spacial score (nSPS) is 11.9. The quantitative estimate of drug-likeness (QED) is 0.736. The Bertz CT molecular complexity index is 1030. The second-order valence-corrected chi connectivity index (χ2v) is 6.76. The van der Waals surface area contributed by atoms with Crippen molar-refractivity contribution in [3.8, 4) is 0 Å². The summed E-state index contributed by atoms with van der Waals surface area (Å²) >= 11 is 0. The first-order valence-electron chi connectivity index (χ1n) is 7.10. The monoisotopic (exact) mass is 342 g/mol. The van der Waals surface area contributed by atoms with Gasteiger partial charge >= 0.3 is 0 Å². The molecule has 0 aliphatic rings. The van der Waals surface area contributed by atoms with Gasteiger partial charge in [0.05, 0.1) is 4.90 Å². The topological polar surface area (TPSA) is 89.3 Å². The summed E-state index contributed by atoms with van der Waals surface area (Å²) in [5.41, 5.74) is 0. The van der Waals surface area contributed by atoms with E-state index in [0.29, 0.717) is 22.3 Å². The number of pyridine rings is 1. The van der Waals surface area contributed by atoms with Crippen molar-refractivity contribution in [1.82, 2.24) is 9.71 Å². The van der Waals surface area contributed by atoms with E-state index in [-0.39, 0.29) is 4.90 Å². The molecule has 3 aromatic rings. The number of benzene rings is 1. The van der Waals surface area contributed by atoms with Crippen LogP contribution in [0.5, 0.6) is 0 Å². The van der Waals surface area contributed by atoms with Crippen molar-refractivity contribution < 1.29 is 17.6 Å². The van der Waals surface area contributed by atoms with Gasteiger partial charge in [0.25, 0.3) is 15.9 Å². The molecule has 3 rings (SSSR count). The molecular formula is C17H14N2O4S. The lowest BCUT2D eigenvalue weighted by atomic mass is 10.2. The van der Waals surface area contributed by atoms with Gasteiger partial charge in [0.1, 0.15) is 11.5 Å². The molecule has 0 fully saturated rings. The molecule has 0 bridgehead atoms. The average molecular weight is 342 g/mol. The van der Waals surface area contributed by atoms with Crippen LogP contribution in [0.3, 0.4) is 0 Å². The highest BCUT2D eigenvalue weighted by Gasteiger charge is 2.19.